The lowest BCUT2D eigenvalue weighted by Gasteiger charge is -2.17. The smallest absolute Gasteiger partial charge is 0.267 e. The monoisotopic (exact) mass is 270 g/mol. The Labute approximate surface area is 115 Å². The zero-order valence-electron chi connectivity index (χ0n) is 10.9. The lowest BCUT2D eigenvalue weighted by molar-refractivity contribution is 0.367. The maximum atomic E-state index is 5.80. The lowest BCUT2D eigenvalue weighted by Crippen LogP contribution is -2.04. The first-order chi connectivity index (χ1) is 9.90. The Hall–Kier alpha value is -2.31. The van der Waals surface area contributed by atoms with Crippen molar-refractivity contribution in [1.29, 1.82) is 0 Å². The third-order valence-corrected chi connectivity index (χ3v) is 3.80. The topological polar surface area (TPSA) is 82.0 Å². The number of nitrogens with zero attached hydrogens (tertiary/aromatic N) is 6. The molecule has 1 aliphatic carbocycles. The maximum Gasteiger partial charge on any atom is 0.267 e. The zero-order valence-corrected chi connectivity index (χ0v) is 10.9. The highest BCUT2D eigenvalue weighted by Gasteiger charge is 2.22. The second-order valence-corrected chi connectivity index (χ2v) is 5.15. The van der Waals surface area contributed by atoms with E-state index in [2.05, 4.69) is 25.4 Å². The molecule has 0 saturated heterocycles. The summed E-state index contributed by atoms with van der Waals surface area (Å²) in [6, 6.07) is 0. The summed E-state index contributed by atoms with van der Waals surface area (Å²) in [5.74, 6) is 1.61. The van der Waals surface area contributed by atoms with Crippen molar-refractivity contribution in [3.63, 3.8) is 0 Å². The average molecular weight is 270 g/mol. The summed E-state index contributed by atoms with van der Waals surface area (Å²) in [6.45, 7) is 0. The van der Waals surface area contributed by atoms with E-state index in [1.54, 1.807) is 23.1 Å². The van der Waals surface area contributed by atoms with Crippen molar-refractivity contribution in [2.45, 2.75) is 38.0 Å². The molecule has 0 spiro atoms. The minimum absolute atomic E-state index is 0.406. The molecule has 0 N–H and O–H groups in total. The van der Waals surface area contributed by atoms with Gasteiger partial charge in [-0.05, 0) is 12.8 Å². The number of hydrogen-bond acceptors (Lipinski definition) is 6. The summed E-state index contributed by atoms with van der Waals surface area (Å²) in [7, 11) is 0. The first kappa shape index (κ1) is 11.5. The van der Waals surface area contributed by atoms with Gasteiger partial charge in [0.25, 0.3) is 5.89 Å². The summed E-state index contributed by atoms with van der Waals surface area (Å²) < 4.78 is 7.58. The third-order valence-electron chi connectivity index (χ3n) is 3.80. The summed E-state index contributed by atoms with van der Waals surface area (Å²) in [5, 5.41) is 16.0. The van der Waals surface area contributed by atoms with Crippen LogP contribution in [-0.4, -0.2) is 29.8 Å². The molecule has 0 radical (unpaired) electrons. The Bertz CT molecular complexity index is 727. The van der Waals surface area contributed by atoms with E-state index in [9.17, 15) is 0 Å². The third kappa shape index (κ3) is 1.95. The van der Waals surface area contributed by atoms with E-state index >= 15 is 0 Å². The van der Waals surface area contributed by atoms with Crippen LogP contribution in [0.3, 0.4) is 0 Å². The van der Waals surface area contributed by atoms with Crippen molar-refractivity contribution in [3.05, 3.63) is 24.6 Å². The fourth-order valence-electron chi connectivity index (χ4n) is 2.70. The molecule has 102 valence electrons. The van der Waals surface area contributed by atoms with Crippen LogP contribution in [-0.2, 0) is 0 Å². The van der Waals surface area contributed by atoms with Crippen LogP contribution < -0.4 is 0 Å². The molecule has 3 aromatic heterocycles. The van der Waals surface area contributed by atoms with Gasteiger partial charge in [0.1, 0.15) is 12.0 Å². The zero-order chi connectivity index (χ0) is 13.4. The molecule has 0 aliphatic heterocycles. The summed E-state index contributed by atoms with van der Waals surface area (Å²) in [4.78, 5) is 4.29. The van der Waals surface area contributed by atoms with Gasteiger partial charge in [-0.25, -0.2) is 4.98 Å². The lowest BCUT2D eigenvalue weighted by atomic mass is 9.89. The van der Waals surface area contributed by atoms with Gasteiger partial charge >= 0.3 is 0 Å². The largest absolute Gasteiger partial charge is 0.419 e. The van der Waals surface area contributed by atoms with Gasteiger partial charge in [0.15, 0.2) is 5.65 Å². The quantitative estimate of drug-likeness (QED) is 0.710. The van der Waals surface area contributed by atoms with Crippen molar-refractivity contribution in [2.24, 2.45) is 0 Å². The van der Waals surface area contributed by atoms with Crippen molar-refractivity contribution in [3.8, 4) is 11.6 Å². The Morgan fingerprint density at radius 2 is 2.00 bits per heavy atom. The molecule has 3 aromatic rings. The van der Waals surface area contributed by atoms with Gasteiger partial charge in [0.2, 0.25) is 5.89 Å². The van der Waals surface area contributed by atoms with Gasteiger partial charge in [-0.3, -0.25) is 4.40 Å². The Balaban J connectivity index is 1.66. The summed E-state index contributed by atoms with van der Waals surface area (Å²) >= 11 is 0. The van der Waals surface area contributed by atoms with Crippen LogP contribution in [0.2, 0.25) is 0 Å². The second kappa shape index (κ2) is 4.66. The van der Waals surface area contributed by atoms with E-state index in [-0.39, 0.29) is 0 Å². The molecule has 1 saturated carbocycles. The van der Waals surface area contributed by atoms with E-state index in [1.807, 2.05) is 0 Å². The first-order valence-corrected chi connectivity index (χ1v) is 6.89. The predicted molar refractivity (Wildman–Crippen MR) is 69.9 cm³/mol. The fraction of sp³-hybridized carbons (Fsp3) is 0.462. The molecule has 0 atom stereocenters. The van der Waals surface area contributed by atoms with Crippen LogP contribution in [0.15, 0.2) is 23.1 Å². The molecule has 0 aromatic carbocycles. The van der Waals surface area contributed by atoms with Crippen LogP contribution >= 0.6 is 0 Å². The maximum absolute atomic E-state index is 5.80. The highest BCUT2D eigenvalue weighted by Crippen LogP contribution is 2.32. The number of aromatic nitrogens is 6. The van der Waals surface area contributed by atoms with Crippen LogP contribution in [0.4, 0.5) is 0 Å². The molecule has 4 rings (SSSR count). The van der Waals surface area contributed by atoms with Gasteiger partial charge in [-0.1, -0.05) is 19.3 Å². The molecule has 0 bridgehead atoms. The van der Waals surface area contributed by atoms with Crippen molar-refractivity contribution in [1.82, 2.24) is 29.8 Å². The van der Waals surface area contributed by atoms with Crippen LogP contribution in [0.25, 0.3) is 17.2 Å². The Kier molecular flexibility index (Phi) is 2.68. The predicted octanol–water partition coefficient (Wildman–Crippen LogP) is 2.22. The second-order valence-electron chi connectivity index (χ2n) is 5.15. The Morgan fingerprint density at radius 3 is 2.90 bits per heavy atom. The molecule has 20 heavy (non-hydrogen) atoms. The van der Waals surface area contributed by atoms with E-state index in [0.29, 0.717) is 23.1 Å². The fourth-order valence-corrected chi connectivity index (χ4v) is 2.70. The van der Waals surface area contributed by atoms with Crippen LogP contribution in [0, 0.1) is 0 Å². The summed E-state index contributed by atoms with van der Waals surface area (Å²) in [6.07, 6.45) is 11.1. The van der Waals surface area contributed by atoms with Gasteiger partial charge < -0.3 is 4.42 Å². The van der Waals surface area contributed by atoms with Gasteiger partial charge in [0.05, 0.1) is 6.20 Å². The molecule has 7 heteroatoms. The standard InChI is InChI=1S/C13H14N6O/c1-2-4-9(5-3-1)12-17-18-13(20-12)10-7-19-8-15-16-11(19)6-14-10/h6-9H,1-5H2. The number of hydrogen-bond donors (Lipinski definition) is 0. The molecular weight excluding hydrogens is 256 g/mol. The molecule has 3 heterocycles. The van der Waals surface area contributed by atoms with Gasteiger partial charge in [0, 0.05) is 12.1 Å². The normalized spacial score (nSPS) is 16.8. The minimum Gasteiger partial charge on any atom is -0.419 e. The minimum atomic E-state index is 0.406. The molecule has 1 aliphatic rings. The Morgan fingerprint density at radius 1 is 1.10 bits per heavy atom. The number of fused-ring (bicyclic) bond motifs is 1. The van der Waals surface area contributed by atoms with E-state index in [1.165, 1.54) is 19.3 Å². The molecule has 0 amide bonds. The van der Waals surface area contributed by atoms with Crippen LogP contribution in [0.1, 0.15) is 43.9 Å². The van der Waals surface area contributed by atoms with Crippen molar-refractivity contribution >= 4 is 5.65 Å². The highest BCUT2D eigenvalue weighted by atomic mass is 16.4. The van der Waals surface area contributed by atoms with Gasteiger partial charge in [-0.15, -0.1) is 20.4 Å². The molecule has 7 nitrogen and oxygen atoms in total. The highest BCUT2D eigenvalue weighted by molar-refractivity contribution is 5.48. The molecule has 1 fully saturated rings. The number of rotatable bonds is 2. The van der Waals surface area contributed by atoms with Crippen molar-refractivity contribution in [2.75, 3.05) is 0 Å². The SMILES string of the molecule is c1nc(-c2nnc(C3CCCCC3)o2)cn2cnnc12. The summed E-state index contributed by atoms with van der Waals surface area (Å²) in [5.41, 5.74) is 1.34. The van der Waals surface area contributed by atoms with E-state index in [4.69, 9.17) is 4.42 Å². The van der Waals surface area contributed by atoms with Crippen molar-refractivity contribution < 1.29 is 4.42 Å². The van der Waals surface area contributed by atoms with E-state index < -0.39 is 0 Å². The van der Waals surface area contributed by atoms with E-state index in [0.717, 1.165) is 18.7 Å². The average Bonchev–Trinajstić information content (AvgIpc) is 3.16. The first-order valence-electron chi connectivity index (χ1n) is 6.89. The molecular formula is C13H14N6O. The van der Waals surface area contributed by atoms with Crippen LogP contribution in [0.5, 0.6) is 0 Å². The molecule has 0 unspecified atom stereocenters. The van der Waals surface area contributed by atoms with Gasteiger partial charge in [-0.2, -0.15) is 0 Å².